The summed E-state index contributed by atoms with van der Waals surface area (Å²) in [6, 6.07) is 5.57. The first-order chi connectivity index (χ1) is 10.4. The maximum Gasteiger partial charge on any atom is 0.335 e. The molecule has 9 nitrogen and oxygen atoms in total. The Labute approximate surface area is 125 Å². The van der Waals surface area contributed by atoms with Gasteiger partial charge in [0.2, 0.25) is 6.29 Å². The largest absolute Gasteiger partial charge is 0.478 e. The van der Waals surface area contributed by atoms with Crippen molar-refractivity contribution in [1.82, 2.24) is 0 Å². The van der Waals surface area contributed by atoms with Crippen LogP contribution in [0.15, 0.2) is 24.3 Å². The van der Waals surface area contributed by atoms with Crippen LogP contribution in [0.5, 0.6) is 0 Å². The van der Waals surface area contributed by atoms with Crippen LogP contribution < -0.4 is 5.48 Å². The molecule has 9 heteroatoms. The molecule has 122 valence electrons. The molecule has 1 unspecified atom stereocenters. The first-order valence-corrected chi connectivity index (χ1v) is 6.49. The summed E-state index contributed by atoms with van der Waals surface area (Å²) >= 11 is 0. The molecule has 0 bridgehead atoms. The number of ether oxygens (including phenoxy) is 1. The molecule has 6 N–H and O–H groups in total. The topological polar surface area (TPSA) is 149 Å². The zero-order valence-corrected chi connectivity index (χ0v) is 11.4. The number of aliphatic hydroxyl groups excluding tert-OH is 4. The highest BCUT2D eigenvalue weighted by Crippen LogP contribution is 2.22. The summed E-state index contributed by atoms with van der Waals surface area (Å²) in [6.45, 7) is -0.557. The third-order valence-electron chi connectivity index (χ3n) is 3.27. The SMILES string of the molecule is O=C(O)c1ccc(NOC2O[C@@H](CO)[C@H](O)[C@@H](O)[C@@H]2O)cc1. The molecular weight excluding hydrogens is 298 g/mol. The van der Waals surface area contributed by atoms with E-state index in [1.807, 2.05) is 0 Å². The number of aliphatic hydroxyl groups is 4. The van der Waals surface area contributed by atoms with Crippen molar-refractivity contribution in [3.05, 3.63) is 29.8 Å². The fraction of sp³-hybridized carbons (Fsp3) is 0.462. The summed E-state index contributed by atoms with van der Waals surface area (Å²) in [5, 5.41) is 46.8. The zero-order chi connectivity index (χ0) is 16.3. The predicted octanol–water partition coefficient (Wildman–Crippen LogP) is -1.47. The van der Waals surface area contributed by atoms with Crippen molar-refractivity contribution in [2.24, 2.45) is 0 Å². The van der Waals surface area contributed by atoms with Crippen LogP contribution in [0.3, 0.4) is 0 Å². The summed E-state index contributed by atoms with van der Waals surface area (Å²) in [4.78, 5) is 15.8. The highest BCUT2D eigenvalue weighted by atomic mass is 16.8. The van der Waals surface area contributed by atoms with E-state index in [-0.39, 0.29) is 5.56 Å². The van der Waals surface area contributed by atoms with E-state index in [9.17, 15) is 20.1 Å². The number of carboxylic acid groups (broad SMARTS) is 1. The summed E-state index contributed by atoms with van der Waals surface area (Å²) in [5.41, 5.74) is 2.93. The van der Waals surface area contributed by atoms with Crippen LogP contribution >= 0.6 is 0 Å². The molecule has 5 atom stereocenters. The van der Waals surface area contributed by atoms with Gasteiger partial charge in [-0.05, 0) is 24.3 Å². The van der Waals surface area contributed by atoms with Gasteiger partial charge in [0, 0.05) is 0 Å². The molecule has 0 spiro atoms. The number of carboxylic acids is 1. The van der Waals surface area contributed by atoms with E-state index in [2.05, 4.69) is 5.48 Å². The normalized spacial score (nSPS) is 31.7. The van der Waals surface area contributed by atoms with Gasteiger partial charge >= 0.3 is 5.97 Å². The van der Waals surface area contributed by atoms with Crippen molar-refractivity contribution in [2.75, 3.05) is 12.1 Å². The minimum atomic E-state index is -1.54. The third kappa shape index (κ3) is 3.53. The minimum Gasteiger partial charge on any atom is -0.478 e. The first kappa shape index (κ1) is 16.6. The van der Waals surface area contributed by atoms with E-state index in [1.54, 1.807) is 0 Å². The average molecular weight is 315 g/mol. The van der Waals surface area contributed by atoms with E-state index in [4.69, 9.17) is 19.8 Å². The number of carbonyl (C=O) groups is 1. The van der Waals surface area contributed by atoms with E-state index in [1.165, 1.54) is 24.3 Å². The second kappa shape index (κ2) is 7.01. The van der Waals surface area contributed by atoms with Crippen molar-refractivity contribution in [3.8, 4) is 0 Å². The van der Waals surface area contributed by atoms with Crippen LogP contribution in [0.1, 0.15) is 10.4 Å². The number of hydrogen-bond donors (Lipinski definition) is 6. The fourth-order valence-electron chi connectivity index (χ4n) is 1.97. The fourth-order valence-corrected chi connectivity index (χ4v) is 1.97. The molecule has 2 rings (SSSR count). The van der Waals surface area contributed by atoms with Gasteiger partial charge in [0.25, 0.3) is 0 Å². The summed E-state index contributed by atoms with van der Waals surface area (Å²) in [7, 11) is 0. The minimum absolute atomic E-state index is 0.0957. The third-order valence-corrected chi connectivity index (χ3v) is 3.27. The lowest BCUT2D eigenvalue weighted by Gasteiger charge is -2.39. The van der Waals surface area contributed by atoms with Gasteiger partial charge in [-0.3, -0.25) is 5.48 Å². The smallest absolute Gasteiger partial charge is 0.335 e. The predicted molar refractivity (Wildman–Crippen MR) is 71.9 cm³/mol. The summed E-state index contributed by atoms with van der Waals surface area (Å²) in [6.07, 6.45) is -6.92. The molecule has 0 saturated carbocycles. The molecule has 0 aliphatic carbocycles. The molecule has 1 aromatic carbocycles. The monoisotopic (exact) mass is 315 g/mol. The van der Waals surface area contributed by atoms with E-state index in [0.717, 1.165) is 0 Å². The number of hydrogen-bond acceptors (Lipinski definition) is 8. The Morgan fingerprint density at radius 2 is 1.77 bits per heavy atom. The second-order valence-electron chi connectivity index (χ2n) is 4.80. The van der Waals surface area contributed by atoms with Crippen molar-refractivity contribution < 1.29 is 39.9 Å². The van der Waals surface area contributed by atoms with Crippen molar-refractivity contribution >= 4 is 11.7 Å². The Balaban J connectivity index is 1.96. The van der Waals surface area contributed by atoms with Crippen LogP contribution in [-0.2, 0) is 9.57 Å². The van der Waals surface area contributed by atoms with E-state index < -0.39 is 43.3 Å². The lowest BCUT2D eigenvalue weighted by Crippen LogP contribution is -2.59. The molecular formula is C13H17NO8. The number of aromatic carboxylic acids is 1. The molecule has 0 amide bonds. The van der Waals surface area contributed by atoms with Gasteiger partial charge in [-0.15, -0.1) is 0 Å². The molecule has 1 aliphatic heterocycles. The zero-order valence-electron chi connectivity index (χ0n) is 11.4. The molecule has 1 fully saturated rings. The number of benzene rings is 1. The highest BCUT2D eigenvalue weighted by molar-refractivity contribution is 5.87. The average Bonchev–Trinajstić information content (AvgIpc) is 2.52. The van der Waals surface area contributed by atoms with Crippen LogP contribution in [0.4, 0.5) is 5.69 Å². The molecule has 0 radical (unpaired) electrons. The molecule has 1 saturated heterocycles. The van der Waals surface area contributed by atoms with Crippen molar-refractivity contribution in [2.45, 2.75) is 30.7 Å². The molecule has 1 aliphatic rings. The Kier molecular flexibility index (Phi) is 5.29. The Hall–Kier alpha value is -1.75. The number of nitrogens with one attached hydrogen (secondary N) is 1. The number of anilines is 1. The lowest BCUT2D eigenvalue weighted by molar-refractivity contribution is -0.294. The van der Waals surface area contributed by atoms with Gasteiger partial charge in [0.05, 0.1) is 17.9 Å². The number of rotatable bonds is 5. The van der Waals surface area contributed by atoms with Gasteiger partial charge < -0.3 is 30.3 Å². The first-order valence-electron chi connectivity index (χ1n) is 6.49. The van der Waals surface area contributed by atoms with E-state index in [0.29, 0.717) is 5.69 Å². The molecule has 0 aromatic heterocycles. The lowest BCUT2D eigenvalue weighted by atomic mass is 9.99. The van der Waals surface area contributed by atoms with Crippen LogP contribution in [0.25, 0.3) is 0 Å². The van der Waals surface area contributed by atoms with Crippen LogP contribution in [0.2, 0.25) is 0 Å². The Bertz CT molecular complexity index is 505. The Morgan fingerprint density at radius 3 is 2.32 bits per heavy atom. The van der Waals surface area contributed by atoms with Crippen LogP contribution in [0, 0.1) is 0 Å². The quantitative estimate of drug-likeness (QED) is 0.358. The van der Waals surface area contributed by atoms with Crippen LogP contribution in [-0.4, -0.2) is 68.8 Å². The summed E-state index contributed by atoms with van der Waals surface area (Å²) in [5.74, 6) is -1.07. The van der Waals surface area contributed by atoms with Crippen molar-refractivity contribution in [1.29, 1.82) is 0 Å². The molecule has 1 aromatic rings. The maximum atomic E-state index is 10.7. The van der Waals surface area contributed by atoms with Gasteiger partial charge in [0.1, 0.15) is 24.4 Å². The highest BCUT2D eigenvalue weighted by Gasteiger charge is 2.44. The van der Waals surface area contributed by atoms with Gasteiger partial charge in [-0.25, -0.2) is 9.63 Å². The molecule has 1 heterocycles. The summed E-state index contributed by atoms with van der Waals surface area (Å²) < 4.78 is 5.13. The standard InChI is InChI=1S/C13H17NO8/c15-5-8-9(16)10(17)11(18)13(21-8)22-14-7-3-1-6(2-4-7)12(19)20/h1-4,8-11,13-18H,5H2,(H,19,20)/t8-,9-,10+,11-,13?/m0/s1. The van der Waals surface area contributed by atoms with Gasteiger partial charge in [-0.2, -0.15) is 0 Å². The van der Waals surface area contributed by atoms with Gasteiger partial charge in [-0.1, -0.05) is 0 Å². The van der Waals surface area contributed by atoms with E-state index >= 15 is 0 Å². The van der Waals surface area contributed by atoms with Gasteiger partial charge in [0.15, 0.2) is 0 Å². The second-order valence-corrected chi connectivity index (χ2v) is 4.80. The van der Waals surface area contributed by atoms with Crippen molar-refractivity contribution in [3.63, 3.8) is 0 Å². The maximum absolute atomic E-state index is 10.7. The molecule has 22 heavy (non-hydrogen) atoms. The Morgan fingerprint density at radius 1 is 1.14 bits per heavy atom.